The van der Waals surface area contributed by atoms with E-state index in [-0.39, 0.29) is 23.2 Å². The average Bonchev–Trinajstić information content (AvgIpc) is 3.31. The molecule has 7 heteroatoms. The van der Waals surface area contributed by atoms with Crippen molar-refractivity contribution in [3.63, 3.8) is 0 Å². The molecule has 0 aliphatic carbocycles. The molecular formula is C24H21N5O2. The second-order valence-electron chi connectivity index (χ2n) is 7.65. The maximum absolute atomic E-state index is 14.2. The maximum atomic E-state index is 14.2. The van der Waals surface area contributed by atoms with E-state index >= 15 is 0 Å². The molecule has 5 rings (SSSR count). The highest BCUT2D eigenvalue weighted by Gasteiger charge is 2.60. The van der Waals surface area contributed by atoms with Crippen molar-refractivity contribution in [3.8, 4) is 11.9 Å². The van der Waals surface area contributed by atoms with Gasteiger partial charge in [0.15, 0.2) is 0 Å². The van der Waals surface area contributed by atoms with Gasteiger partial charge in [-0.3, -0.25) is 9.89 Å². The molecule has 31 heavy (non-hydrogen) atoms. The van der Waals surface area contributed by atoms with E-state index in [0.717, 1.165) is 22.5 Å². The zero-order valence-corrected chi connectivity index (χ0v) is 17.1. The molecule has 0 saturated carbocycles. The van der Waals surface area contributed by atoms with Gasteiger partial charge in [-0.25, -0.2) is 0 Å². The van der Waals surface area contributed by atoms with Gasteiger partial charge in [0, 0.05) is 23.5 Å². The van der Waals surface area contributed by atoms with Crippen molar-refractivity contribution in [2.45, 2.75) is 25.2 Å². The Morgan fingerprint density at radius 3 is 2.68 bits per heavy atom. The fraction of sp³-hybridized carbons (Fsp3) is 0.208. The van der Waals surface area contributed by atoms with E-state index in [4.69, 9.17) is 10.5 Å². The van der Waals surface area contributed by atoms with Gasteiger partial charge < -0.3 is 15.4 Å². The number of carbonyl (C=O) groups is 1. The Balaban J connectivity index is 1.71. The van der Waals surface area contributed by atoms with Crippen molar-refractivity contribution in [1.82, 2.24) is 10.2 Å². The summed E-state index contributed by atoms with van der Waals surface area (Å²) < 4.78 is 5.65. The standard InChI is InChI=1S/C24H21N5O2/c1-2-18-20-22(28-27-18)31-21(26)17(14-25)24(20)16-10-6-7-11-19(16)29(23(24)30)13-12-15-8-4-3-5-9-15/h3-11H,2,12-13,26H2,1H3,(H,27,28)/t24-/m0/s1. The molecule has 0 bridgehead atoms. The number of nitrogens with two attached hydrogens (primary N) is 1. The first kappa shape index (κ1) is 18.9. The van der Waals surface area contributed by atoms with Crippen molar-refractivity contribution < 1.29 is 9.53 Å². The Labute approximate surface area is 179 Å². The molecule has 3 aromatic rings. The minimum atomic E-state index is -1.36. The van der Waals surface area contributed by atoms with Crippen LogP contribution in [-0.2, 0) is 23.1 Å². The number of para-hydroxylation sites is 1. The third kappa shape index (κ3) is 2.51. The van der Waals surface area contributed by atoms with Gasteiger partial charge in [-0.2, -0.15) is 5.26 Å². The van der Waals surface area contributed by atoms with E-state index < -0.39 is 5.41 Å². The lowest BCUT2D eigenvalue weighted by molar-refractivity contribution is -0.121. The van der Waals surface area contributed by atoms with E-state index in [1.165, 1.54) is 0 Å². The number of nitriles is 1. The largest absolute Gasteiger partial charge is 0.420 e. The zero-order valence-electron chi connectivity index (χ0n) is 17.1. The van der Waals surface area contributed by atoms with E-state index in [1.54, 1.807) is 4.90 Å². The topological polar surface area (TPSA) is 108 Å². The van der Waals surface area contributed by atoms with Crippen molar-refractivity contribution in [3.05, 3.63) is 88.4 Å². The number of amides is 1. The lowest BCUT2D eigenvalue weighted by atomic mass is 9.69. The molecule has 154 valence electrons. The number of aromatic nitrogens is 2. The number of ether oxygens (including phenoxy) is 1. The highest BCUT2D eigenvalue weighted by molar-refractivity contribution is 6.14. The second-order valence-corrected chi connectivity index (χ2v) is 7.65. The normalized spacial score (nSPS) is 19.2. The number of nitrogens with one attached hydrogen (secondary N) is 1. The minimum Gasteiger partial charge on any atom is -0.420 e. The number of fused-ring (bicyclic) bond motifs is 4. The van der Waals surface area contributed by atoms with Crippen LogP contribution in [0.4, 0.5) is 5.69 Å². The number of benzene rings is 2. The highest BCUT2D eigenvalue weighted by Crippen LogP contribution is 2.55. The number of carbonyl (C=O) groups excluding carboxylic acids is 1. The van der Waals surface area contributed by atoms with Gasteiger partial charge in [0.2, 0.25) is 17.7 Å². The van der Waals surface area contributed by atoms with Gasteiger partial charge in [-0.15, -0.1) is 5.10 Å². The van der Waals surface area contributed by atoms with E-state index in [2.05, 4.69) is 16.3 Å². The van der Waals surface area contributed by atoms with Gasteiger partial charge >= 0.3 is 0 Å². The van der Waals surface area contributed by atoms with Gasteiger partial charge in [0.1, 0.15) is 17.1 Å². The number of nitrogens with zero attached hydrogens (tertiary/aromatic N) is 3. The summed E-state index contributed by atoms with van der Waals surface area (Å²) in [5, 5.41) is 17.3. The molecule has 1 amide bonds. The summed E-state index contributed by atoms with van der Waals surface area (Å²) in [6, 6.07) is 19.8. The van der Waals surface area contributed by atoms with Crippen LogP contribution in [-0.4, -0.2) is 22.6 Å². The molecule has 2 aromatic carbocycles. The van der Waals surface area contributed by atoms with Crippen molar-refractivity contribution in [2.24, 2.45) is 5.73 Å². The number of hydrogen-bond acceptors (Lipinski definition) is 5. The van der Waals surface area contributed by atoms with Crippen molar-refractivity contribution in [2.75, 3.05) is 11.4 Å². The summed E-state index contributed by atoms with van der Waals surface area (Å²) in [4.78, 5) is 16.0. The summed E-state index contributed by atoms with van der Waals surface area (Å²) in [6.45, 7) is 2.45. The first-order valence-electron chi connectivity index (χ1n) is 10.2. The highest BCUT2D eigenvalue weighted by atomic mass is 16.5. The molecule has 7 nitrogen and oxygen atoms in total. The van der Waals surface area contributed by atoms with Gasteiger partial charge in [-0.05, 0) is 24.5 Å². The van der Waals surface area contributed by atoms with Crippen LogP contribution in [0.5, 0.6) is 5.88 Å². The van der Waals surface area contributed by atoms with Crippen LogP contribution in [0.2, 0.25) is 0 Å². The molecule has 0 radical (unpaired) electrons. The first-order valence-corrected chi connectivity index (χ1v) is 10.2. The molecule has 3 heterocycles. The Kier molecular flexibility index (Phi) is 4.29. The number of anilines is 1. The molecule has 1 atom stereocenters. The molecule has 1 aromatic heterocycles. The van der Waals surface area contributed by atoms with Crippen LogP contribution in [0.3, 0.4) is 0 Å². The Hall–Kier alpha value is -4.05. The third-order valence-corrected chi connectivity index (χ3v) is 6.11. The number of hydrogen-bond donors (Lipinski definition) is 2. The molecule has 0 saturated heterocycles. The van der Waals surface area contributed by atoms with Crippen LogP contribution < -0.4 is 15.4 Å². The average molecular weight is 411 g/mol. The molecular weight excluding hydrogens is 390 g/mol. The molecule has 2 aliphatic rings. The van der Waals surface area contributed by atoms with Crippen LogP contribution in [0, 0.1) is 11.3 Å². The fourth-order valence-corrected chi connectivity index (χ4v) is 4.72. The minimum absolute atomic E-state index is 0.0859. The Bertz CT molecular complexity index is 1250. The second kappa shape index (κ2) is 7.03. The molecule has 0 fully saturated rings. The fourth-order valence-electron chi connectivity index (χ4n) is 4.72. The van der Waals surface area contributed by atoms with Crippen molar-refractivity contribution in [1.29, 1.82) is 5.26 Å². The zero-order chi connectivity index (χ0) is 21.6. The van der Waals surface area contributed by atoms with Gasteiger partial charge in [-0.1, -0.05) is 55.5 Å². The monoisotopic (exact) mass is 411 g/mol. The van der Waals surface area contributed by atoms with Crippen LogP contribution in [0.25, 0.3) is 0 Å². The Morgan fingerprint density at radius 2 is 1.94 bits per heavy atom. The van der Waals surface area contributed by atoms with Crippen LogP contribution in [0.1, 0.15) is 29.3 Å². The lowest BCUT2D eigenvalue weighted by Crippen LogP contribution is -2.46. The van der Waals surface area contributed by atoms with Gasteiger partial charge in [0.25, 0.3) is 0 Å². The summed E-state index contributed by atoms with van der Waals surface area (Å²) in [7, 11) is 0. The van der Waals surface area contributed by atoms with Crippen LogP contribution in [0.15, 0.2) is 66.1 Å². The number of aryl methyl sites for hydroxylation is 1. The van der Waals surface area contributed by atoms with E-state index in [0.29, 0.717) is 24.9 Å². The summed E-state index contributed by atoms with van der Waals surface area (Å²) in [5.74, 6) is -0.0385. The first-order chi connectivity index (χ1) is 15.1. The number of H-pyrrole nitrogens is 1. The molecule has 0 unspecified atom stereocenters. The summed E-state index contributed by atoms with van der Waals surface area (Å²) in [6.07, 6.45) is 1.29. The molecule has 2 aliphatic heterocycles. The lowest BCUT2D eigenvalue weighted by Gasteiger charge is -2.32. The molecule has 1 spiro atoms. The number of rotatable bonds is 4. The van der Waals surface area contributed by atoms with Gasteiger partial charge in [0.05, 0.1) is 5.56 Å². The predicted molar refractivity (Wildman–Crippen MR) is 115 cm³/mol. The summed E-state index contributed by atoms with van der Waals surface area (Å²) in [5.41, 5.74) is 8.87. The van der Waals surface area contributed by atoms with Crippen molar-refractivity contribution >= 4 is 11.6 Å². The molecule has 3 N–H and O–H groups in total. The number of aromatic amines is 1. The SMILES string of the molecule is CCc1[nH]nc2c1[C@@]1(C(=O)N(CCc3ccccc3)c3ccccc31)C(C#N)=C(N)O2. The maximum Gasteiger partial charge on any atom is 0.247 e. The smallest absolute Gasteiger partial charge is 0.247 e. The Morgan fingerprint density at radius 1 is 1.19 bits per heavy atom. The van der Waals surface area contributed by atoms with E-state index in [1.807, 2.05) is 61.5 Å². The third-order valence-electron chi connectivity index (χ3n) is 6.11. The van der Waals surface area contributed by atoms with E-state index in [9.17, 15) is 10.1 Å². The predicted octanol–water partition coefficient (Wildman–Crippen LogP) is 2.93. The summed E-state index contributed by atoms with van der Waals surface area (Å²) >= 11 is 0. The quantitative estimate of drug-likeness (QED) is 0.686. The van der Waals surface area contributed by atoms with Crippen LogP contribution >= 0.6 is 0 Å².